The van der Waals surface area contributed by atoms with Gasteiger partial charge in [0.25, 0.3) is 0 Å². The van der Waals surface area contributed by atoms with E-state index in [4.69, 9.17) is 5.11 Å². The van der Waals surface area contributed by atoms with Gasteiger partial charge in [0.2, 0.25) is 0 Å². The molecule has 5 rings (SSSR count). The Morgan fingerprint density at radius 1 is 1.18 bits per heavy atom. The molecule has 3 heterocycles. The number of hydrogen-bond acceptors (Lipinski definition) is 4. The Morgan fingerprint density at radius 3 is 2.74 bits per heavy atom. The summed E-state index contributed by atoms with van der Waals surface area (Å²) in [6, 6.07) is 17.0. The number of carboxylic acids is 1. The number of carbonyl (C=O) groups is 1. The van der Waals surface area contributed by atoms with Crippen LogP contribution in [0, 0.1) is 0 Å². The monoisotopic (exact) mass is 469 g/mol. The van der Waals surface area contributed by atoms with Crippen molar-refractivity contribution in [1.29, 1.82) is 0 Å². The molecular formula is C28H27N3O2S. The number of rotatable bonds is 6. The first-order valence-electron chi connectivity index (χ1n) is 11.5. The van der Waals surface area contributed by atoms with Crippen molar-refractivity contribution in [2.24, 2.45) is 0 Å². The number of nitrogens with one attached hydrogen (secondary N) is 1. The van der Waals surface area contributed by atoms with Crippen molar-refractivity contribution in [3.05, 3.63) is 92.8 Å². The van der Waals surface area contributed by atoms with E-state index in [0.717, 1.165) is 53.5 Å². The Bertz CT molecular complexity index is 1410. The van der Waals surface area contributed by atoms with E-state index in [1.165, 1.54) is 32.5 Å². The average molecular weight is 470 g/mol. The summed E-state index contributed by atoms with van der Waals surface area (Å²) >= 11 is 1.93. The molecule has 34 heavy (non-hydrogen) atoms. The summed E-state index contributed by atoms with van der Waals surface area (Å²) in [4.78, 5) is 16.1. The summed E-state index contributed by atoms with van der Waals surface area (Å²) < 4.78 is 0. The summed E-state index contributed by atoms with van der Waals surface area (Å²) in [5.41, 5.74) is 8.15. The highest BCUT2D eigenvalue weighted by atomic mass is 32.1. The number of likely N-dealkylation sites (N-methyl/N-ethyl adjacent to an activating group) is 1. The number of nitrogens with zero attached hydrogens (tertiary/aromatic N) is 2. The molecule has 0 spiro atoms. The van der Waals surface area contributed by atoms with Gasteiger partial charge in [0.15, 0.2) is 0 Å². The Balaban J connectivity index is 1.66. The lowest BCUT2D eigenvalue weighted by Crippen LogP contribution is -2.25. The number of fused-ring (bicyclic) bond motifs is 2. The molecule has 2 aromatic carbocycles. The van der Waals surface area contributed by atoms with Gasteiger partial charge < -0.3 is 10.0 Å². The molecule has 2 aromatic heterocycles. The number of aromatic amines is 1. The number of hydrogen-bond donors (Lipinski definition) is 2. The van der Waals surface area contributed by atoms with Crippen LogP contribution in [0.1, 0.15) is 45.4 Å². The van der Waals surface area contributed by atoms with E-state index in [0.29, 0.717) is 0 Å². The van der Waals surface area contributed by atoms with Gasteiger partial charge in [-0.1, -0.05) is 37.3 Å². The maximum Gasteiger partial charge on any atom is 0.328 e. The molecule has 4 aromatic rings. The van der Waals surface area contributed by atoms with E-state index < -0.39 is 5.97 Å². The fourth-order valence-corrected chi connectivity index (χ4v) is 5.92. The second-order valence-corrected chi connectivity index (χ2v) is 9.86. The van der Waals surface area contributed by atoms with Crippen molar-refractivity contribution in [2.45, 2.75) is 26.3 Å². The zero-order chi connectivity index (χ0) is 23.7. The summed E-state index contributed by atoms with van der Waals surface area (Å²) in [5, 5.41) is 17.3. The normalized spacial score (nSPS) is 15.0. The maximum absolute atomic E-state index is 10.9. The van der Waals surface area contributed by atoms with Crippen LogP contribution in [-0.4, -0.2) is 39.8 Å². The van der Waals surface area contributed by atoms with Crippen LogP contribution >= 0.6 is 11.3 Å². The third-order valence-corrected chi connectivity index (χ3v) is 7.65. The van der Waals surface area contributed by atoms with E-state index in [-0.39, 0.29) is 0 Å². The van der Waals surface area contributed by atoms with Gasteiger partial charge in [-0.3, -0.25) is 5.10 Å². The molecule has 6 heteroatoms. The molecular weight excluding hydrogens is 442 g/mol. The first-order valence-corrected chi connectivity index (χ1v) is 12.3. The highest BCUT2D eigenvalue weighted by molar-refractivity contribution is 7.13. The summed E-state index contributed by atoms with van der Waals surface area (Å²) in [7, 11) is 2.18. The average Bonchev–Trinajstić information content (AvgIpc) is 3.47. The van der Waals surface area contributed by atoms with Crippen LogP contribution in [0.3, 0.4) is 0 Å². The van der Waals surface area contributed by atoms with Crippen molar-refractivity contribution in [2.75, 3.05) is 13.6 Å². The topological polar surface area (TPSA) is 69.2 Å². The van der Waals surface area contributed by atoms with Gasteiger partial charge in [0, 0.05) is 34.3 Å². The number of allylic oxidation sites excluding steroid dienone is 1. The number of aromatic nitrogens is 2. The number of thiophene rings is 1. The highest BCUT2D eigenvalue weighted by Crippen LogP contribution is 2.40. The number of H-pyrrole nitrogens is 1. The van der Waals surface area contributed by atoms with Gasteiger partial charge in [-0.25, -0.2) is 4.79 Å². The molecule has 0 bridgehead atoms. The molecule has 0 saturated carbocycles. The molecule has 172 valence electrons. The van der Waals surface area contributed by atoms with E-state index >= 15 is 0 Å². The number of aliphatic carboxylic acids is 1. The second kappa shape index (κ2) is 9.41. The number of carboxylic acid groups (broad SMARTS) is 1. The summed E-state index contributed by atoms with van der Waals surface area (Å²) in [6.45, 7) is 4.33. The van der Waals surface area contributed by atoms with E-state index in [2.05, 4.69) is 65.5 Å². The van der Waals surface area contributed by atoms with Crippen LogP contribution in [0.4, 0.5) is 0 Å². The zero-order valence-electron chi connectivity index (χ0n) is 19.3. The van der Waals surface area contributed by atoms with Crippen LogP contribution < -0.4 is 0 Å². The smallest absolute Gasteiger partial charge is 0.328 e. The lowest BCUT2D eigenvalue weighted by atomic mass is 9.89. The van der Waals surface area contributed by atoms with Crippen LogP contribution in [-0.2, 0) is 17.8 Å². The molecule has 1 aliphatic heterocycles. The fourth-order valence-electron chi connectivity index (χ4n) is 4.64. The largest absolute Gasteiger partial charge is 0.478 e. The standard InChI is InChI=1S/C28H27N3O2S/c1-3-23(26-15-22-17-31(2)13-12-25(22)34-26)28(20-9-10-24-21(14-20)16-29-30-24)19-7-4-18(5-8-19)6-11-27(32)33/h4-11,14-16H,3,12-13,17H2,1-2H3,(H,29,30)(H,32,33)/b11-6+,28-23+. The molecule has 0 saturated heterocycles. The fraction of sp³-hybridized carbons (Fsp3) is 0.214. The van der Waals surface area contributed by atoms with E-state index in [9.17, 15) is 4.79 Å². The molecule has 0 fully saturated rings. The lowest BCUT2D eigenvalue weighted by molar-refractivity contribution is -0.131. The van der Waals surface area contributed by atoms with Crippen molar-refractivity contribution in [3.63, 3.8) is 0 Å². The molecule has 0 radical (unpaired) electrons. The van der Waals surface area contributed by atoms with Crippen molar-refractivity contribution >= 4 is 45.4 Å². The van der Waals surface area contributed by atoms with Crippen LogP contribution in [0.2, 0.25) is 0 Å². The first kappa shape index (κ1) is 22.3. The third kappa shape index (κ3) is 4.47. The van der Waals surface area contributed by atoms with Crippen molar-refractivity contribution in [3.8, 4) is 0 Å². The first-order chi connectivity index (χ1) is 16.5. The molecule has 2 N–H and O–H groups in total. The summed E-state index contributed by atoms with van der Waals surface area (Å²) in [5.74, 6) is -0.946. The third-order valence-electron chi connectivity index (χ3n) is 6.36. The molecule has 0 atom stereocenters. The minimum Gasteiger partial charge on any atom is -0.478 e. The van der Waals surface area contributed by atoms with Crippen LogP contribution in [0.15, 0.2) is 60.8 Å². The highest BCUT2D eigenvalue weighted by Gasteiger charge is 2.20. The van der Waals surface area contributed by atoms with E-state index in [1.54, 1.807) is 6.08 Å². The Labute approximate surface area is 203 Å². The lowest BCUT2D eigenvalue weighted by Gasteiger charge is -2.21. The van der Waals surface area contributed by atoms with Gasteiger partial charge in [0.05, 0.1) is 11.7 Å². The second-order valence-electron chi connectivity index (χ2n) is 8.72. The quantitative estimate of drug-likeness (QED) is 0.336. The Hall–Kier alpha value is -3.48. The van der Waals surface area contributed by atoms with Gasteiger partial charge in [-0.15, -0.1) is 11.3 Å². The molecule has 0 unspecified atom stereocenters. The predicted molar refractivity (Wildman–Crippen MR) is 140 cm³/mol. The predicted octanol–water partition coefficient (Wildman–Crippen LogP) is 6.08. The minimum atomic E-state index is -0.946. The summed E-state index contributed by atoms with van der Waals surface area (Å²) in [6.07, 6.45) is 6.67. The van der Waals surface area contributed by atoms with Gasteiger partial charge >= 0.3 is 5.97 Å². The molecule has 0 aliphatic carbocycles. The van der Waals surface area contributed by atoms with Crippen LogP contribution in [0.5, 0.6) is 0 Å². The maximum atomic E-state index is 10.9. The van der Waals surface area contributed by atoms with Gasteiger partial charge in [-0.05, 0) is 77.6 Å². The SMILES string of the molecule is CC/C(=C(/c1ccc(/C=C/C(=O)O)cc1)c1ccc2[nH]ncc2c1)c1cc2c(s1)CCN(C)C2. The minimum absolute atomic E-state index is 0.864. The van der Waals surface area contributed by atoms with Crippen molar-refractivity contribution < 1.29 is 9.90 Å². The zero-order valence-corrected chi connectivity index (χ0v) is 20.2. The molecule has 1 aliphatic rings. The number of benzene rings is 2. The Morgan fingerprint density at radius 2 is 1.97 bits per heavy atom. The van der Waals surface area contributed by atoms with Gasteiger partial charge in [0.1, 0.15) is 0 Å². The molecule has 0 amide bonds. The van der Waals surface area contributed by atoms with Gasteiger partial charge in [-0.2, -0.15) is 5.10 Å². The van der Waals surface area contributed by atoms with Crippen molar-refractivity contribution in [1.82, 2.24) is 15.1 Å². The van der Waals surface area contributed by atoms with E-state index in [1.807, 2.05) is 29.7 Å². The van der Waals surface area contributed by atoms with Crippen LogP contribution in [0.25, 0.3) is 28.1 Å². The Kier molecular flexibility index (Phi) is 6.18. The molecule has 5 nitrogen and oxygen atoms in total.